The van der Waals surface area contributed by atoms with Crippen LogP contribution in [0.4, 0.5) is 0 Å². The summed E-state index contributed by atoms with van der Waals surface area (Å²) in [7, 11) is 0.222. The number of hydrogen-bond acceptors (Lipinski definition) is 5. The molecule has 1 aliphatic rings. The summed E-state index contributed by atoms with van der Waals surface area (Å²) in [6.07, 6.45) is 0. The Morgan fingerprint density at radius 2 is 2.13 bits per heavy atom. The molecule has 0 bridgehead atoms. The third-order valence-corrected chi connectivity index (χ3v) is 4.35. The van der Waals surface area contributed by atoms with Gasteiger partial charge in [0.1, 0.15) is 0 Å². The highest BCUT2D eigenvalue weighted by Crippen LogP contribution is 2.15. The lowest BCUT2D eigenvalue weighted by Crippen LogP contribution is -2.48. The maximum Gasteiger partial charge on any atom is 0.233 e. The Labute approximate surface area is 89.7 Å². The van der Waals surface area contributed by atoms with Crippen LogP contribution in [0.1, 0.15) is 0 Å². The van der Waals surface area contributed by atoms with Gasteiger partial charge in [0.2, 0.25) is 5.91 Å². The molecule has 1 fully saturated rings. The highest BCUT2D eigenvalue weighted by Gasteiger charge is 2.37. The van der Waals surface area contributed by atoms with Crippen LogP contribution in [0.25, 0.3) is 0 Å². The van der Waals surface area contributed by atoms with Gasteiger partial charge >= 0.3 is 0 Å². The minimum absolute atomic E-state index is 0.00967. The maximum atomic E-state index is 11.3. The number of nitrogens with zero attached hydrogens (tertiary/aromatic N) is 1. The zero-order valence-corrected chi connectivity index (χ0v) is 9.75. The number of amides is 1. The topological polar surface area (TPSA) is 92.5 Å². The summed E-state index contributed by atoms with van der Waals surface area (Å²) in [6.45, 7) is 0.171. The van der Waals surface area contributed by atoms with Gasteiger partial charge in [0.05, 0.1) is 18.1 Å². The monoisotopic (exact) mass is 235 g/mol. The van der Waals surface area contributed by atoms with Gasteiger partial charge in [0.25, 0.3) is 0 Å². The third kappa shape index (κ3) is 3.15. The molecule has 1 amide bonds. The van der Waals surface area contributed by atoms with Gasteiger partial charge < -0.3 is 11.1 Å². The van der Waals surface area contributed by atoms with Crippen LogP contribution in [-0.2, 0) is 14.6 Å². The normalized spacial score (nSPS) is 29.3. The Kier molecular flexibility index (Phi) is 3.69. The van der Waals surface area contributed by atoms with Crippen molar-refractivity contribution in [3.63, 3.8) is 0 Å². The fourth-order valence-corrected chi connectivity index (χ4v) is 3.70. The molecule has 1 heterocycles. The average Bonchev–Trinajstić information content (AvgIpc) is 2.39. The van der Waals surface area contributed by atoms with Crippen molar-refractivity contribution >= 4 is 15.7 Å². The number of hydrogen-bond donors (Lipinski definition) is 2. The van der Waals surface area contributed by atoms with E-state index in [1.54, 1.807) is 19.0 Å². The van der Waals surface area contributed by atoms with Crippen molar-refractivity contribution in [1.82, 2.24) is 10.2 Å². The van der Waals surface area contributed by atoms with Crippen LogP contribution in [0, 0.1) is 0 Å². The molecule has 0 aromatic carbocycles. The Hall–Kier alpha value is -0.660. The van der Waals surface area contributed by atoms with Crippen LogP contribution >= 0.6 is 0 Å². The second-order valence-corrected chi connectivity index (χ2v) is 6.05. The van der Waals surface area contributed by atoms with Gasteiger partial charge in [-0.25, -0.2) is 8.42 Å². The summed E-state index contributed by atoms with van der Waals surface area (Å²) in [4.78, 5) is 12.8. The van der Waals surface area contributed by atoms with E-state index in [2.05, 4.69) is 5.32 Å². The molecule has 3 N–H and O–H groups in total. The molecule has 1 saturated heterocycles. The molecular formula is C8H17N3O3S. The third-order valence-electron chi connectivity index (χ3n) is 2.60. The minimum atomic E-state index is -3.03. The molecular weight excluding hydrogens is 218 g/mol. The van der Waals surface area contributed by atoms with Crippen LogP contribution < -0.4 is 11.1 Å². The van der Waals surface area contributed by atoms with Gasteiger partial charge in [0, 0.05) is 19.1 Å². The van der Waals surface area contributed by atoms with Gasteiger partial charge in [-0.1, -0.05) is 0 Å². The summed E-state index contributed by atoms with van der Waals surface area (Å²) in [5.74, 6) is -0.0915. The predicted octanol–water partition coefficient (Wildman–Crippen LogP) is -2.21. The number of carbonyl (C=O) groups is 1. The first-order valence-corrected chi connectivity index (χ1v) is 6.54. The standard InChI is InChI=1S/C8H17N3O3S/c1-10-8(12)3-11(2)7-5-15(13,14)4-6(7)9/h6-7H,3-5,9H2,1-2H3,(H,10,12). The van der Waals surface area contributed by atoms with Gasteiger partial charge in [-0.15, -0.1) is 0 Å². The number of sulfone groups is 1. The number of rotatable bonds is 3. The predicted molar refractivity (Wildman–Crippen MR) is 57.1 cm³/mol. The van der Waals surface area contributed by atoms with Crippen LogP contribution in [0.3, 0.4) is 0 Å². The summed E-state index contributed by atoms with van der Waals surface area (Å²) >= 11 is 0. The van der Waals surface area contributed by atoms with E-state index in [-0.39, 0.29) is 30.0 Å². The molecule has 0 spiro atoms. The first-order chi connectivity index (χ1) is 6.85. The fraction of sp³-hybridized carbons (Fsp3) is 0.875. The second-order valence-electron chi connectivity index (χ2n) is 3.90. The molecule has 0 aromatic heterocycles. The molecule has 2 unspecified atom stereocenters. The van der Waals surface area contributed by atoms with E-state index in [0.717, 1.165) is 0 Å². The maximum absolute atomic E-state index is 11.3. The van der Waals surface area contributed by atoms with Crippen molar-refractivity contribution in [3.05, 3.63) is 0 Å². The van der Waals surface area contributed by atoms with E-state index in [1.807, 2.05) is 0 Å². The van der Waals surface area contributed by atoms with E-state index >= 15 is 0 Å². The SMILES string of the molecule is CNC(=O)CN(C)C1CS(=O)(=O)CC1N. The Morgan fingerprint density at radius 1 is 1.53 bits per heavy atom. The zero-order chi connectivity index (χ0) is 11.6. The Bertz CT molecular complexity index is 341. The first kappa shape index (κ1) is 12.4. The molecule has 7 heteroatoms. The van der Waals surface area contributed by atoms with Crippen LogP contribution in [-0.4, -0.2) is 63.5 Å². The van der Waals surface area contributed by atoms with E-state index in [1.165, 1.54) is 0 Å². The number of likely N-dealkylation sites (N-methyl/N-ethyl adjacent to an activating group) is 2. The van der Waals surface area contributed by atoms with Crippen LogP contribution in [0.2, 0.25) is 0 Å². The van der Waals surface area contributed by atoms with E-state index < -0.39 is 15.9 Å². The fourth-order valence-electron chi connectivity index (χ4n) is 1.73. The van der Waals surface area contributed by atoms with Crippen molar-refractivity contribution in [2.75, 3.05) is 32.1 Å². The zero-order valence-electron chi connectivity index (χ0n) is 8.93. The smallest absolute Gasteiger partial charge is 0.233 e. The van der Waals surface area contributed by atoms with Crippen molar-refractivity contribution in [2.45, 2.75) is 12.1 Å². The van der Waals surface area contributed by atoms with Crippen molar-refractivity contribution < 1.29 is 13.2 Å². The molecule has 15 heavy (non-hydrogen) atoms. The van der Waals surface area contributed by atoms with Crippen molar-refractivity contribution in [3.8, 4) is 0 Å². The highest BCUT2D eigenvalue weighted by molar-refractivity contribution is 7.91. The lowest BCUT2D eigenvalue weighted by atomic mass is 10.1. The number of nitrogens with one attached hydrogen (secondary N) is 1. The molecule has 0 aliphatic carbocycles. The summed E-state index contributed by atoms with van der Waals surface area (Å²) in [5, 5.41) is 2.48. The quantitative estimate of drug-likeness (QED) is 0.578. The molecule has 0 aromatic rings. The summed E-state index contributed by atoms with van der Waals surface area (Å²) < 4.78 is 22.6. The lowest BCUT2D eigenvalue weighted by Gasteiger charge is -2.25. The van der Waals surface area contributed by atoms with Crippen molar-refractivity contribution in [2.24, 2.45) is 5.73 Å². The molecule has 0 radical (unpaired) electrons. The van der Waals surface area contributed by atoms with Gasteiger partial charge in [-0.05, 0) is 7.05 Å². The van der Waals surface area contributed by atoms with Crippen molar-refractivity contribution in [1.29, 1.82) is 0 Å². The van der Waals surface area contributed by atoms with Crippen LogP contribution in [0.5, 0.6) is 0 Å². The average molecular weight is 235 g/mol. The Morgan fingerprint density at radius 3 is 2.53 bits per heavy atom. The van der Waals surface area contributed by atoms with Gasteiger partial charge in [0.15, 0.2) is 9.84 Å². The first-order valence-electron chi connectivity index (χ1n) is 4.72. The lowest BCUT2D eigenvalue weighted by molar-refractivity contribution is -0.121. The van der Waals surface area contributed by atoms with Gasteiger partial charge in [-0.2, -0.15) is 0 Å². The van der Waals surface area contributed by atoms with Gasteiger partial charge in [-0.3, -0.25) is 9.69 Å². The molecule has 88 valence electrons. The second kappa shape index (κ2) is 4.46. The molecule has 0 saturated carbocycles. The highest BCUT2D eigenvalue weighted by atomic mass is 32.2. The summed E-state index contributed by atoms with van der Waals surface area (Å²) in [6, 6.07) is -0.656. The van der Waals surface area contributed by atoms with E-state index in [9.17, 15) is 13.2 Å². The number of carbonyl (C=O) groups excluding carboxylic acids is 1. The van der Waals surface area contributed by atoms with Crippen LogP contribution in [0.15, 0.2) is 0 Å². The largest absolute Gasteiger partial charge is 0.358 e. The van der Waals surface area contributed by atoms with E-state index in [0.29, 0.717) is 0 Å². The Balaban J connectivity index is 2.61. The molecule has 6 nitrogen and oxygen atoms in total. The molecule has 1 aliphatic heterocycles. The molecule has 1 rings (SSSR count). The van der Waals surface area contributed by atoms with E-state index in [4.69, 9.17) is 5.73 Å². The summed E-state index contributed by atoms with van der Waals surface area (Å²) in [5.41, 5.74) is 5.72. The minimum Gasteiger partial charge on any atom is -0.358 e. The molecule has 2 atom stereocenters. The number of nitrogens with two attached hydrogens (primary N) is 1.